The van der Waals surface area contributed by atoms with Crippen LogP contribution in [0.1, 0.15) is 19.4 Å². The summed E-state index contributed by atoms with van der Waals surface area (Å²) in [6, 6.07) is 3.24. The van der Waals surface area contributed by atoms with Crippen molar-refractivity contribution in [2.45, 2.75) is 19.4 Å². The van der Waals surface area contributed by atoms with Gasteiger partial charge in [0.15, 0.2) is 11.6 Å². The highest BCUT2D eigenvalue weighted by molar-refractivity contribution is 9.10. The second kappa shape index (κ2) is 3.87. The van der Waals surface area contributed by atoms with Crippen LogP contribution in [0.15, 0.2) is 16.6 Å². The number of rotatable bonds is 2. The van der Waals surface area contributed by atoms with Gasteiger partial charge in [0.2, 0.25) is 0 Å². The summed E-state index contributed by atoms with van der Waals surface area (Å²) in [7, 11) is 1.43. The molecule has 0 aliphatic carbocycles. The molecule has 0 aliphatic rings. The Kier molecular flexibility index (Phi) is 3.17. The summed E-state index contributed by atoms with van der Waals surface area (Å²) < 4.78 is 19.4. The van der Waals surface area contributed by atoms with Gasteiger partial charge in [-0.1, -0.05) is 15.9 Å². The molecule has 0 amide bonds. The first kappa shape index (κ1) is 11.5. The fourth-order valence-electron chi connectivity index (χ4n) is 1.18. The first-order valence-electron chi connectivity index (χ1n) is 4.18. The first-order valence-corrected chi connectivity index (χ1v) is 4.98. The number of hydrogen-bond donors (Lipinski definition) is 1. The van der Waals surface area contributed by atoms with Crippen LogP contribution in [0.2, 0.25) is 0 Å². The van der Waals surface area contributed by atoms with Gasteiger partial charge >= 0.3 is 0 Å². The van der Waals surface area contributed by atoms with Crippen LogP contribution in [0.4, 0.5) is 4.39 Å². The molecule has 0 saturated carbocycles. The lowest BCUT2D eigenvalue weighted by Gasteiger charge is -2.21. The predicted octanol–water partition coefficient (Wildman–Crippen LogP) is 2.79. The van der Waals surface area contributed by atoms with E-state index >= 15 is 0 Å². The lowest BCUT2D eigenvalue weighted by atomic mass is 9.95. The number of nitrogens with two attached hydrogens (primary N) is 1. The Hall–Kier alpha value is -0.610. The molecule has 0 spiro atoms. The summed E-state index contributed by atoms with van der Waals surface area (Å²) in [6.07, 6.45) is 0. The quantitative estimate of drug-likeness (QED) is 0.889. The maximum Gasteiger partial charge on any atom is 0.170 e. The van der Waals surface area contributed by atoms with Crippen LogP contribution in [-0.2, 0) is 5.54 Å². The molecule has 0 saturated heterocycles. The van der Waals surface area contributed by atoms with Gasteiger partial charge in [-0.25, -0.2) is 4.39 Å². The van der Waals surface area contributed by atoms with Crippen molar-refractivity contribution in [2.75, 3.05) is 7.11 Å². The van der Waals surface area contributed by atoms with Crippen LogP contribution in [0.5, 0.6) is 5.75 Å². The molecular weight excluding hydrogens is 249 g/mol. The molecule has 1 rings (SSSR count). The van der Waals surface area contributed by atoms with Crippen LogP contribution in [0.25, 0.3) is 0 Å². The summed E-state index contributed by atoms with van der Waals surface area (Å²) >= 11 is 3.28. The molecule has 1 aromatic rings. The van der Waals surface area contributed by atoms with E-state index in [0.717, 1.165) is 4.47 Å². The van der Waals surface area contributed by atoms with Crippen molar-refractivity contribution in [2.24, 2.45) is 5.73 Å². The Morgan fingerprint density at radius 1 is 1.43 bits per heavy atom. The highest BCUT2D eigenvalue weighted by Crippen LogP contribution is 2.31. The lowest BCUT2D eigenvalue weighted by Crippen LogP contribution is -2.30. The third-order valence-electron chi connectivity index (χ3n) is 1.92. The molecule has 4 heteroatoms. The van der Waals surface area contributed by atoms with Crippen molar-refractivity contribution in [3.05, 3.63) is 28.0 Å². The molecule has 2 N–H and O–H groups in total. The largest absolute Gasteiger partial charge is 0.494 e. The van der Waals surface area contributed by atoms with Gasteiger partial charge in [-0.15, -0.1) is 0 Å². The molecule has 78 valence electrons. The summed E-state index contributed by atoms with van der Waals surface area (Å²) in [6.45, 7) is 3.49. The van der Waals surface area contributed by atoms with E-state index in [1.165, 1.54) is 7.11 Å². The first-order chi connectivity index (χ1) is 6.36. The number of hydrogen-bond acceptors (Lipinski definition) is 2. The Bertz CT molecular complexity index is 347. The minimum atomic E-state index is -0.721. The van der Waals surface area contributed by atoms with Crippen molar-refractivity contribution in [1.29, 1.82) is 0 Å². The minimum Gasteiger partial charge on any atom is -0.494 e. The third-order valence-corrected chi connectivity index (χ3v) is 2.38. The van der Waals surface area contributed by atoms with Gasteiger partial charge < -0.3 is 10.5 Å². The molecule has 0 heterocycles. The Morgan fingerprint density at radius 3 is 2.43 bits per heavy atom. The van der Waals surface area contributed by atoms with Gasteiger partial charge in [0.25, 0.3) is 0 Å². The Morgan fingerprint density at radius 2 is 2.00 bits per heavy atom. The van der Waals surface area contributed by atoms with E-state index in [-0.39, 0.29) is 5.75 Å². The highest BCUT2D eigenvalue weighted by atomic mass is 79.9. The monoisotopic (exact) mass is 261 g/mol. The molecule has 0 bridgehead atoms. The Balaban J connectivity index is 3.37. The van der Waals surface area contributed by atoms with E-state index in [9.17, 15) is 4.39 Å². The van der Waals surface area contributed by atoms with Gasteiger partial charge in [-0.3, -0.25) is 0 Å². The summed E-state index contributed by atoms with van der Waals surface area (Å²) in [5.41, 5.74) is 5.55. The molecule has 0 unspecified atom stereocenters. The zero-order valence-corrected chi connectivity index (χ0v) is 9.98. The molecule has 0 fully saturated rings. The van der Waals surface area contributed by atoms with E-state index in [0.29, 0.717) is 5.56 Å². The minimum absolute atomic E-state index is 0.202. The van der Waals surface area contributed by atoms with Gasteiger partial charge in [0, 0.05) is 15.6 Å². The number of methoxy groups -OCH3 is 1. The van der Waals surface area contributed by atoms with Crippen LogP contribution in [0, 0.1) is 5.82 Å². The Labute approximate surface area is 91.4 Å². The fraction of sp³-hybridized carbons (Fsp3) is 0.400. The number of halogens is 2. The molecular formula is C10H13BrFNO. The second-order valence-corrected chi connectivity index (χ2v) is 4.61. The SMILES string of the molecule is COc1cc(Br)cc(C(C)(C)N)c1F. The van der Waals surface area contributed by atoms with Crippen LogP contribution < -0.4 is 10.5 Å². The maximum atomic E-state index is 13.7. The standard InChI is InChI=1S/C10H13BrFNO/c1-10(2,13)7-4-6(11)5-8(14-3)9(7)12/h4-5H,13H2,1-3H3. The zero-order valence-electron chi connectivity index (χ0n) is 8.40. The van der Waals surface area contributed by atoms with Gasteiger partial charge in [0.05, 0.1) is 7.11 Å². The average Bonchev–Trinajstić information content (AvgIpc) is 2.06. The smallest absolute Gasteiger partial charge is 0.170 e. The predicted molar refractivity (Wildman–Crippen MR) is 57.9 cm³/mol. The lowest BCUT2D eigenvalue weighted by molar-refractivity contribution is 0.376. The topological polar surface area (TPSA) is 35.2 Å². The van der Waals surface area contributed by atoms with Crippen LogP contribution >= 0.6 is 15.9 Å². The molecule has 1 aromatic carbocycles. The van der Waals surface area contributed by atoms with E-state index < -0.39 is 11.4 Å². The summed E-state index contributed by atoms with van der Waals surface area (Å²) in [5, 5.41) is 0. The van der Waals surface area contributed by atoms with Gasteiger partial charge in [-0.2, -0.15) is 0 Å². The molecule has 0 aromatic heterocycles. The van der Waals surface area contributed by atoms with Gasteiger partial charge in [0.1, 0.15) is 0 Å². The van der Waals surface area contributed by atoms with E-state index in [1.807, 2.05) is 0 Å². The van der Waals surface area contributed by atoms with Gasteiger partial charge in [-0.05, 0) is 26.0 Å². The second-order valence-electron chi connectivity index (χ2n) is 3.69. The van der Waals surface area contributed by atoms with E-state index in [4.69, 9.17) is 10.5 Å². The fourth-order valence-corrected chi connectivity index (χ4v) is 1.62. The van der Waals surface area contributed by atoms with Crippen LogP contribution in [0.3, 0.4) is 0 Å². The van der Waals surface area contributed by atoms with Crippen molar-refractivity contribution in [3.8, 4) is 5.75 Å². The van der Waals surface area contributed by atoms with Crippen molar-refractivity contribution < 1.29 is 9.13 Å². The maximum absolute atomic E-state index is 13.7. The molecule has 0 atom stereocenters. The molecule has 2 nitrogen and oxygen atoms in total. The molecule has 0 aliphatic heterocycles. The average molecular weight is 262 g/mol. The normalized spacial score (nSPS) is 11.6. The highest BCUT2D eigenvalue weighted by Gasteiger charge is 2.22. The molecule has 0 radical (unpaired) electrons. The van der Waals surface area contributed by atoms with Crippen LogP contribution in [-0.4, -0.2) is 7.11 Å². The van der Waals surface area contributed by atoms with E-state index in [1.54, 1.807) is 26.0 Å². The van der Waals surface area contributed by atoms with Crippen molar-refractivity contribution in [3.63, 3.8) is 0 Å². The van der Waals surface area contributed by atoms with Crippen molar-refractivity contribution in [1.82, 2.24) is 0 Å². The summed E-state index contributed by atoms with van der Waals surface area (Å²) in [4.78, 5) is 0. The van der Waals surface area contributed by atoms with E-state index in [2.05, 4.69) is 15.9 Å². The molecule has 14 heavy (non-hydrogen) atoms. The van der Waals surface area contributed by atoms with Crippen molar-refractivity contribution >= 4 is 15.9 Å². The zero-order chi connectivity index (χ0) is 10.9. The summed E-state index contributed by atoms with van der Waals surface area (Å²) in [5.74, 6) is -0.198. The number of ether oxygens (including phenoxy) is 1. The number of benzene rings is 1. The third kappa shape index (κ3) is 2.25.